The van der Waals surface area contributed by atoms with Crippen molar-refractivity contribution in [2.75, 3.05) is 32.1 Å². The number of nitrogens with zero attached hydrogens (tertiary/aromatic N) is 1. The zero-order chi connectivity index (χ0) is 17.7. The van der Waals surface area contributed by atoms with Crippen molar-refractivity contribution in [3.05, 3.63) is 18.2 Å². The van der Waals surface area contributed by atoms with E-state index in [0.29, 0.717) is 18.0 Å². The van der Waals surface area contributed by atoms with Crippen LogP contribution in [0.25, 0.3) is 0 Å². The fourth-order valence-electron chi connectivity index (χ4n) is 2.96. The number of rotatable bonds is 7. The Bertz CT molecular complexity index is 691. The number of hydrogen-bond donors (Lipinski definition) is 2. The molecule has 2 N–H and O–H groups in total. The molecule has 1 saturated heterocycles. The lowest BCUT2D eigenvalue weighted by molar-refractivity contribution is -0.114. The van der Waals surface area contributed by atoms with Crippen molar-refractivity contribution in [1.82, 2.24) is 9.62 Å². The average Bonchev–Trinajstić information content (AvgIpc) is 3.00. The van der Waals surface area contributed by atoms with Gasteiger partial charge in [-0.05, 0) is 38.1 Å². The van der Waals surface area contributed by atoms with Gasteiger partial charge in [-0.2, -0.15) is 0 Å². The van der Waals surface area contributed by atoms with Crippen LogP contribution in [0.4, 0.5) is 5.69 Å². The van der Waals surface area contributed by atoms with Gasteiger partial charge in [-0.3, -0.25) is 9.69 Å². The van der Waals surface area contributed by atoms with E-state index < -0.39 is 10.0 Å². The number of sulfonamides is 1. The Labute approximate surface area is 143 Å². The van der Waals surface area contributed by atoms with Gasteiger partial charge in [0.1, 0.15) is 5.75 Å². The summed E-state index contributed by atoms with van der Waals surface area (Å²) in [5.74, 6) is 0.0621. The van der Waals surface area contributed by atoms with Crippen LogP contribution in [-0.4, -0.2) is 52.0 Å². The number of likely N-dealkylation sites (N-methyl/N-ethyl adjacent to an activating group) is 1. The van der Waals surface area contributed by atoms with Crippen molar-refractivity contribution in [2.45, 2.75) is 37.6 Å². The zero-order valence-electron chi connectivity index (χ0n) is 14.3. The van der Waals surface area contributed by atoms with E-state index in [1.165, 1.54) is 32.2 Å². The Morgan fingerprint density at radius 1 is 1.42 bits per heavy atom. The molecule has 0 unspecified atom stereocenters. The molecule has 1 amide bonds. The van der Waals surface area contributed by atoms with Crippen LogP contribution in [0.5, 0.6) is 5.75 Å². The molecular weight excluding hydrogens is 330 g/mol. The second-order valence-electron chi connectivity index (χ2n) is 5.82. The van der Waals surface area contributed by atoms with Gasteiger partial charge in [0.05, 0.1) is 17.7 Å². The first-order chi connectivity index (χ1) is 11.4. The number of anilines is 1. The summed E-state index contributed by atoms with van der Waals surface area (Å²) < 4.78 is 32.9. The van der Waals surface area contributed by atoms with Crippen LogP contribution in [0.2, 0.25) is 0 Å². The predicted molar refractivity (Wildman–Crippen MR) is 92.8 cm³/mol. The van der Waals surface area contributed by atoms with Crippen LogP contribution in [0, 0.1) is 0 Å². The van der Waals surface area contributed by atoms with Gasteiger partial charge in [0.2, 0.25) is 15.9 Å². The highest BCUT2D eigenvalue weighted by Crippen LogP contribution is 2.27. The minimum atomic E-state index is -3.63. The van der Waals surface area contributed by atoms with E-state index in [1.807, 2.05) is 0 Å². The van der Waals surface area contributed by atoms with Crippen LogP contribution in [-0.2, 0) is 14.8 Å². The first kappa shape index (κ1) is 18.7. The third-order valence-corrected chi connectivity index (χ3v) is 5.63. The van der Waals surface area contributed by atoms with Crippen LogP contribution in [0.15, 0.2) is 23.1 Å². The fourth-order valence-corrected chi connectivity index (χ4v) is 4.05. The Hall–Kier alpha value is -1.64. The monoisotopic (exact) mass is 355 g/mol. The summed E-state index contributed by atoms with van der Waals surface area (Å²) in [6.07, 6.45) is 2.10. The Kier molecular flexibility index (Phi) is 6.20. The topological polar surface area (TPSA) is 87.7 Å². The van der Waals surface area contributed by atoms with Gasteiger partial charge in [-0.15, -0.1) is 0 Å². The molecule has 0 aromatic heterocycles. The van der Waals surface area contributed by atoms with Crippen molar-refractivity contribution >= 4 is 21.6 Å². The van der Waals surface area contributed by atoms with Gasteiger partial charge in [-0.1, -0.05) is 6.92 Å². The number of benzene rings is 1. The van der Waals surface area contributed by atoms with Crippen LogP contribution in [0.3, 0.4) is 0 Å². The number of ether oxygens (including phenoxy) is 1. The van der Waals surface area contributed by atoms with E-state index >= 15 is 0 Å². The molecule has 0 saturated carbocycles. The van der Waals surface area contributed by atoms with Crippen molar-refractivity contribution < 1.29 is 17.9 Å². The third-order valence-electron chi connectivity index (χ3n) is 4.21. The minimum Gasteiger partial charge on any atom is -0.495 e. The Balaban J connectivity index is 2.12. The molecule has 2 rings (SSSR count). The van der Waals surface area contributed by atoms with Gasteiger partial charge >= 0.3 is 0 Å². The molecule has 8 heteroatoms. The quantitative estimate of drug-likeness (QED) is 0.772. The van der Waals surface area contributed by atoms with Crippen molar-refractivity contribution in [2.24, 2.45) is 0 Å². The molecule has 7 nitrogen and oxygen atoms in total. The van der Waals surface area contributed by atoms with Gasteiger partial charge in [0.15, 0.2) is 0 Å². The molecule has 134 valence electrons. The molecule has 1 heterocycles. The van der Waals surface area contributed by atoms with E-state index in [0.717, 1.165) is 25.9 Å². The normalized spacial score (nSPS) is 18.5. The van der Waals surface area contributed by atoms with E-state index in [4.69, 9.17) is 4.74 Å². The molecule has 0 aliphatic carbocycles. The summed E-state index contributed by atoms with van der Waals surface area (Å²) in [4.78, 5) is 13.6. The summed E-state index contributed by atoms with van der Waals surface area (Å²) in [7, 11) is -2.19. The van der Waals surface area contributed by atoms with Crippen LogP contribution in [0.1, 0.15) is 26.7 Å². The maximum Gasteiger partial charge on any atom is 0.240 e. The third kappa shape index (κ3) is 4.46. The van der Waals surface area contributed by atoms with Crippen molar-refractivity contribution in [3.63, 3.8) is 0 Å². The molecular formula is C16H25N3O4S. The number of likely N-dealkylation sites (tertiary alicyclic amines) is 1. The predicted octanol–water partition coefficient (Wildman–Crippen LogP) is 1.42. The van der Waals surface area contributed by atoms with Crippen molar-refractivity contribution in [1.29, 1.82) is 0 Å². The van der Waals surface area contributed by atoms with Crippen molar-refractivity contribution in [3.8, 4) is 5.75 Å². The summed E-state index contributed by atoms with van der Waals surface area (Å²) in [6, 6.07) is 4.65. The fraction of sp³-hybridized carbons (Fsp3) is 0.562. The summed E-state index contributed by atoms with van der Waals surface area (Å²) in [5.41, 5.74) is 0.442. The minimum absolute atomic E-state index is 0.120. The largest absolute Gasteiger partial charge is 0.495 e. The van der Waals surface area contributed by atoms with E-state index in [9.17, 15) is 13.2 Å². The van der Waals surface area contributed by atoms with Crippen LogP contribution >= 0.6 is 0 Å². The molecule has 1 aromatic carbocycles. The number of methoxy groups -OCH3 is 1. The molecule has 1 aliphatic heterocycles. The molecule has 0 spiro atoms. The molecule has 1 atom stereocenters. The standard InChI is InChI=1S/C16H25N3O4S/c1-4-19-9-5-6-13(19)11-17-24(21,22)14-7-8-15(18-12(2)20)16(10-14)23-3/h7-8,10,13,17H,4-6,9,11H2,1-3H3,(H,18,20)/t13-/m1/s1. The summed E-state index contributed by atoms with van der Waals surface area (Å²) in [6.45, 7) is 5.80. The van der Waals surface area contributed by atoms with Crippen LogP contribution < -0.4 is 14.8 Å². The van der Waals surface area contributed by atoms with E-state index in [2.05, 4.69) is 21.9 Å². The van der Waals surface area contributed by atoms with E-state index in [-0.39, 0.29) is 16.8 Å². The lowest BCUT2D eigenvalue weighted by Crippen LogP contribution is -2.39. The number of carbonyl (C=O) groups is 1. The number of carbonyl (C=O) groups excluding carboxylic acids is 1. The molecule has 1 fully saturated rings. The molecule has 24 heavy (non-hydrogen) atoms. The Morgan fingerprint density at radius 3 is 2.79 bits per heavy atom. The SMILES string of the molecule is CCN1CCC[C@@H]1CNS(=O)(=O)c1ccc(NC(C)=O)c(OC)c1. The number of amides is 1. The Morgan fingerprint density at radius 2 is 2.17 bits per heavy atom. The summed E-state index contributed by atoms with van der Waals surface area (Å²) >= 11 is 0. The van der Waals surface area contributed by atoms with Gasteiger partial charge in [0, 0.05) is 25.6 Å². The lowest BCUT2D eigenvalue weighted by atomic mass is 10.2. The van der Waals surface area contributed by atoms with Gasteiger partial charge in [0.25, 0.3) is 0 Å². The molecule has 1 aromatic rings. The second kappa shape index (κ2) is 7.96. The smallest absolute Gasteiger partial charge is 0.240 e. The second-order valence-corrected chi connectivity index (χ2v) is 7.59. The lowest BCUT2D eigenvalue weighted by Gasteiger charge is -2.23. The maximum absolute atomic E-state index is 12.5. The zero-order valence-corrected chi connectivity index (χ0v) is 15.1. The molecule has 0 bridgehead atoms. The van der Waals surface area contributed by atoms with Gasteiger partial charge in [-0.25, -0.2) is 13.1 Å². The summed E-state index contributed by atoms with van der Waals surface area (Å²) in [5, 5.41) is 2.61. The number of nitrogens with one attached hydrogen (secondary N) is 2. The highest BCUT2D eigenvalue weighted by atomic mass is 32.2. The van der Waals surface area contributed by atoms with E-state index in [1.54, 1.807) is 0 Å². The first-order valence-corrected chi connectivity index (χ1v) is 9.55. The number of hydrogen-bond acceptors (Lipinski definition) is 5. The van der Waals surface area contributed by atoms with Gasteiger partial charge < -0.3 is 10.1 Å². The molecule has 1 aliphatic rings. The highest BCUT2D eigenvalue weighted by Gasteiger charge is 2.25. The average molecular weight is 355 g/mol. The highest BCUT2D eigenvalue weighted by molar-refractivity contribution is 7.89. The molecule has 0 radical (unpaired) electrons. The first-order valence-electron chi connectivity index (χ1n) is 8.06. The maximum atomic E-state index is 12.5.